The highest BCUT2D eigenvalue weighted by atomic mass is 19.3. The zero-order valence-electron chi connectivity index (χ0n) is 5.84. The van der Waals surface area contributed by atoms with E-state index in [1.54, 1.807) is 6.92 Å². The number of halogens is 2. The molecule has 0 saturated heterocycles. The van der Waals surface area contributed by atoms with Crippen LogP contribution in [0.1, 0.15) is 5.56 Å². The number of pyridine rings is 1. The summed E-state index contributed by atoms with van der Waals surface area (Å²) in [4.78, 5) is 3.55. The predicted molar refractivity (Wildman–Crippen MR) is 34.4 cm³/mol. The van der Waals surface area contributed by atoms with Crippen molar-refractivity contribution in [1.29, 1.82) is 0 Å². The molecule has 11 heavy (non-hydrogen) atoms. The third-order valence-corrected chi connectivity index (χ3v) is 1.02. The van der Waals surface area contributed by atoms with Crippen molar-refractivity contribution < 1.29 is 13.5 Å². The number of hydrogen-bond acceptors (Lipinski definition) is 2. The molecule has 0 atom stereocenters. The van der Waals surface area contributed by atoms with Gasteiger partial charge in [0.15, 0.2) is 5.75 Å². The first-order valence-electron chi connectivity index (χ1n) is 2.97. The largest absolute Gasteiger partial charge is 0.432 e. The molecule has 4 heteroatoms. The van der Waals surface area contributed by atoms with Crippen LogP contribution in [0.25, 0.3) is 0 Å². The zero-order valence-corrected chi connectivity index (χ0v) is 5.84. The van der Waals surface area contributed by atoms with Crippen LogP contribution in [0.4, 0.5) is 8.78 Å². The molecule has 0 amide bonds. The molecule has 0 aliphatic carbocycles. The van der Waals surface area contributed by atoms with Crippen molar-refractivity contribution in [3.63, 3.8) is 0 Å². The van der Waals surface area contributed by atoms with E-state index in [1.165, 1.54) is 12.3 Å². The summed E-state index contributed by atoms with van der Waals surface area (Å²) in [6.07, 6.45) is 3.80. The second-order valence-corrected chi connectivity index (χ2v) is 2.00. The fraction of sp³-hybridized carbons (Fsp3) is 0.286. The van der Waals surface area contributed by atoms with Gasteiger partial charge in [-0.25, -0.2) is 0 Å². The number of alkyl halides is 2. The number of ether oxygens (including phenoxy) is 1. The summed E-state index contributed by atoms with van der Waals surface area (Å²) in [5.41, 5.74) is 0.763. The molecule has 0 aromatic carbocycles. The first kappa shape index (κ1) is 7.91. The molecule has 0 bridgehead atoms. The predicted octanol–water partition coefficient (Wildman–Crippen LogP) is 1.79. The summed E-state index contributed by atoms with van der Waals surface area (Å²) in [7, 11) is 0. The summed E-state index contributed by atoms with van der Waals surface area (Å²) < 4.78 is 27.2. The van der Waals surface area contributed by atoms with Crippen molar-refractivity contribution in [2.24, 2.45) is 0 Å². The van der Waals surface area contributed by atoms with Crippen molar-refractivity contribution in [3.8, 4) is 5.75 Å². The number of hydrogen-bond donors (Lipinski definition) is 0. The average Bonchev–Trinajstić information content (AvgIpc) is 1.85. The zero-order chi connectivity index (χ0) is 8.27. The SMILES string of the molecule is Cc1cn[c]c(OC(F)F)c1. The third-order valence-electron chi connectivity index (χ3n) is 1.02. The first-order valence-corrected chi connectivity index (χ1v) is 2.97. The summed E-state index contributed by atoms with van der Waals surface area (Å²) in [5, 5.41) is 0. The molecule has 0 saturated carbocycles. The quantitative estimate of drug-likeness (QED) is 0.654. The van der Waals surface area contributed by atoms with E-state index >= 15 is 0 Å². The average molecular weight is 158 g/mol. The maximum Gasteiger partial charge on any atom is 0.387 e. The van der Waals surface area contributed by atoms with Gasteiger partial charge in [-0.05, 0) is 18.6 Å². The van der Waals surface area contributed by atoms with E-state index in [2.05, 4.69) is 15.9 Å². The van der Waals surface area contributed by atoms with Crippen LogP contribution in [-0.2, 0) is 0 Å². The van der Waals surface area contributed by atoms with Gasteiger partial charge in [0.25, 0.3) is 0 Å². The van der Waals surface area contributed by atoms with Gasteiger partial charge in [0, 0.05) is 6.20 Å². The van der Waals surface area contributed by atoms with E-state index in [9.17, 15) is 8.78 Å². The Morgan fingerprint density at radius 1 is 1.64 bits per heavy atom. The van der Waals surface area contributed by atoms with Gasteiger partial charge in [0.1, 0.15) is 6.20 Å². The smallest absolute Gasteiger partial charge is 0.387 e. The topological polar surface area (TPSA) is 22.1 Å². The highest BCUT2D eigenvalue weighted by Gasteiger charge is 2.03. The van der Waals surface area contributed by atoms with E-state index in [0.29, 0.717) is 0 Å². The van der Waals surface area contributed by atoms with Crippen molar-refractivity contribution in [1.82, 2.24) is 4.98 Å². The second-order valence-electron chi connectivity index (χ2n) is 2.00. The summed E-state index contributed by atoms with van der Waals surface area (Å²) in [6, 6.07) is 1.44. The van der Waals surface area contributed by atoms with Gasteiger partial charge in [0.05, 0.1) is 0 Å². The lowest BCUT2D eigenvalue weighted by Gasteiger charge is -2.02. The Hall–Kier alpha value is -1.19. The van der Waals surface area contributed by atoms with Crippen LogP contribution < -0.4 is 4.74 Å². The normalized spacial score (nSPS) is 10.2. The van der Waals surface area contributed by atoms with Crippen molar-refractivity contribution in [3.05, 3.63) is 24.0 Å². The number of aryl methyl sites for hydroxylation is 1. The summed E-state index contributed by atoms with van der Waals surface area (Å²) in [6.45, 7) is -1.08. The minimum atomic E-state index is -2.81. The maximum atomic E-state index is 11.6. The molecule has 59 valence electrons. The van der Waals surface area contributed by atoms with E-state index < -0.39 is 6.61 Å². The maximum absolute atomic E-state index is 11.6. The molecule has 0 fully saturated rings. The van der Waals surface area contributed by atoms with Gasteiger partial charge < -0.3 is 4.74 Å². The number of rotatable bonds is 2. The van der Waals surface area contributed by atoms with Crippen LogP contribution in [0, 0.1) is 13.1 Å². The molecule has 0 aliphatic rings. The van der Waals surface area contributed by atoms with Crippen molar-refractivity contribution in [2.45, 2.75) is 13.5 Å². The van der Waals surface area contributed by atoms with Crippen LogP contribution >= 0.6 is 0 Å². The van der Waals surface area contributed by atoms with Gasteiger partial charge >= 0.3 is 6.61 Å². The Morgan fingerprint density at radius 2 is 2.36 bits per heavy atom. The molecule has 1 aromatic rings. The standard InChI is InChI=1S/C7H6F2NO/c1-5-2-6(4-10-3-5)11-7(8)9/h2-3,7H,1H3. The second kappa shape index (κ2) is 3.27. The number of aromatic nitrogens is 1. The molecular weight excluding hydrogens is 152 g/mol. The van der Waals surface area contributed by atoms with Crippen molar-refractivity contribution >= 4 is 0 Å². The van der Waals surface area contributed by atoms with Crippen LogP contribution in [0.2, 0.25) is 0 Å². The van der Waals surface area contributed by atoms with E-state index in [-0.39, 0.29) is 5.75 Å². The lowest BCUT2D eigenvalue weighted by Crippen LogP contribution is -2.02. The molecule has 1 heterocycles. The molecule has 0 spiro atoms. The molecule has 2 nitrogen and oxygen atoms in total. The Morgan fingerprint density at radius 3 is 2.91 bits per heavy atom. The summed E-state index contributed by atoms with van der Waals surface area (Å²) >= 11 is 0. The third kappa shape index (κ3) is 2.49. The lowest BCUT2D eigenvalue weighted by atomic mass is 10.3. The van der Waals surface area contributed by atoms with Crippen LogP contribution in [0.3, 0.4) is 0 Å². The highest BCUT2D eigenvalue weighted by molar-refractivity contribution is 5.20. The van der Waals surface area contributed by atoms with E-state index in [1.807, 2.05) is 0 Å². The molecule has 0 unspecified atom stereocenters. The van der Waals surface area contributed by atoms with Crippen molar-refractivity contribution in [2.75, 3.05) is 0 Å². The molecule has 0 aliphatic heterocycles. The van der Waals surface area contributed by atoms with Gasteiger partial charge in [-0.15, -0.1) is 0 Å². The highest BCUT2D eigenvalue weighted by Crippen LogP contribution is 2.12. The minimum Gasteiger partial charge on any atom is -0.432 e. The Labute approximate surface area is 62.8 Å². The van der Waals surface area contributed by atoms with E-state index in [4.69, 9.17) is 0 Å². The molecular formula is C7H6F2NO. The summed E-state index contributed by atoms with van der Waals surface area (Å²) in [5.74, 6) is -0.0278. The van der Waals surface area contributed by atoms with E-state index in [0.717, 1.165) is 5.56 Å². The Bertz CT molecular complexity index is 240. The fourth-order valence-corrected chi connectivity index (χ4v) is 0.630. The van der Waals surface area contributed by atoms with Crippen LogP contribution in [0.15, 0.2) is 12.3 Å². The lowest BCUT2D eigenvalue weighted by molar-refractivity contribution is -0.0502. The van der Waals surface area contributed by atoms with Crippen LogP contribution in [-0.4, -0.2) is 11.6 Å². The number of nitrogens with zero attached hydrogens (tertiary/aromatic N) is 1. The van der Waals surface area contributed by atoms with Gasteiger partial charge in [-0.2, -0.15) is 8.78 Å². The van der Waals surface area contributed by atoms with Gasteiger partial charge in [0.2, 0.25) is 0 Å². The molecule has 0 N–H and O–H groups in total. The van der Waals surface area contributed by atoms with Crippen LogP contribution in [0.5, 0.6) is 5.75 Å². The monoisotopic (exact) mass is 158 g/mol. The molecule has 1 rings (SSSR count). The first-order chi connectivity index (χ1) is 5.18. The minimum absolute atomic E-state index is 0.0278. The fourth-order valence-electron chi connectivity index (χ4n) is 0.630. The molecule has 1 aromatic heterocycles. The van der Waals surface area contributed by atoms with Gasteiger partial charge in [-0.1, -0.05) is 0 Å². The Balaban J connectivity index is 2.71. The molecule has 1 radical (unpaired) electrons. The van der Waals surface area contributed by atoms with Gasteiger partial charge in [-0.3, -0.25) is 4.98 Å². The Kier molecular flexibility index (Phi) is 2.36.